The molecule has 0 amide bonds. The fourth-order valence-electron chi connectivity index (χ4n) is 10.5. The maximum atomic E-state index is 4.43. The maximum absolute atomic E-state index is 4.43. The molecule has 8 aromatic rings. The van der Waals surface area contributed by atoms with Gasteiger partial charge in [-0.25, -0.2) is 0 Å². The molecule has 1 saturated carbocycles. The van der Waals surface area contributed by atoms with Crippen LogP contribution in [0.3, 0.4) is 0 Å². The fraction of sp³-hybridized carbons (Fsp3) is 0.214. The smallest absolute Gasteiger partial charge is 0.239 e. The zero-order valence-corrected chi connectivity index (χ0v) is 35.1. The van der Waals surface area contributed by atoms with Gasteiger partial charge < -0.3 is 0 Å². The van der Waals surface area contributed by atoms with Crippen LogP contribution < -0.4 is 9.13 Å². The molecular weight excluding hydrogens is 729 g/mol. The zero-order valence-electron chi connectivity index (χ0n) is 35.1. The molecule has 4 nitrogen and oxygen atoms in total. The van der Waals surface area contributed by atoms with E-state index in [0.717, 1.165) is 47.2 Å². The molecule has 3 unspecified atom stereocenters. The van der Waals surface area contributed by atoms with Crippen LogP contribution >= 0.6 is 0 Å². The number of nitrogens with zero attached hydrogens (tertiary/aromatic N) is 4. The minimum absolute atomic E-state index is 0.0900. The highest BCUT2D eigenvalue weighted by molar-refractivity contribution is 5.83. The molecule has 10 rings (SSSR count). The van der Waals surface area contributed by atoms with Crippen LogP contribution in [-0.2, 0) is 18.5 Å². The Hall–Kier alpha value is -6.52. The second-order valence-electron chi connectivity index (χ2n) is 17.2. The van der Waals surface area contributed by atoms with Crippen LogP contribution in [0.5, 0.6) is 0 Å². The van der Waals surface area contributed by atoms with Gasteiger partial charge in [0.25, 0.3) is 0 Å². The number of rotatable bonds is 11. The third kappa shape index (κ3) is 6.28. The van der Waals surface area contributed by atoms with E-state index in [2.05, 4.69) is 187 Å². The van der Waals surface area contributed by atoms with Crippen LogP contribution in [0.4, 0.5) is 0 Å². The van der Waals surface area contributed by atoms with Crippen molar-refractivity contribution >= 4 is 0 Å². The highest BCUT2D eigenvalue weighted by Gasteiger charge is 2.85. The number of aryl methyl sites for hydroxylation is 2. The lowest BCUT2D eigenvalue weighted by atomic mass is 9.91. The van der Waals surface area contributed by atoms with Crippen molar-refractivity contribution < 1.29 is 9.13 Å². The minimum Gasteiger partial charge on any atom is -0.264 e. The largest absolute Gasteiger partial charge is 0.264 e. The van der Waals surface area contributed by atoms with Crippen molar-refractivity contribution in [2.24, 2.45) is 5.41 Å². The number of fused-ring (bicyclic) bond motifs is 6. The van der Waals surface area contributed by atoms with Crippen LogP contribution in [0.25, 0.3) is 67.0 Å². The Bertz CT molecular complexity index is 2810. The van der Waals surface area contributed by atoms with Crippen LogP contribution in [0.15, 0.2) is 177 Å². The Balaban J connectivity index is 1.05. The van der Waals surface area contributed by atoms with Crippen LogP contribution in [-0.4, -0.2) is 9.97 Å². The van der Waals surface area contributed by atoms with Gasteiger partial charge in [0.15, 0.2) is 12.4 Å². The predicted octanol–water partition coefficient (Wildman–Crippen LogP) is 12.6. The standard InChI is InChI=1S/C56H52N4/c1-5-7-15-40-24-26-53-49-20-8-9-21-50(49)54-55(4,6-2)56(54,60(53)37-40)38-59-29-11-10-22-52(59)51-34-43(25-23-39(51)3)41-16-12-17-42(30-41)46-31-47(44-18-13-27-57-35-44)33-48(32-46)45-19-14-28-58-36-45/h8-14,16-37,54H,5-7,15,38H2,1-4H3/q+2. The molecular formula is C56H52N4+2. The Morgan fingerprint density at radius 1 is 0.583 bits per heavy atom. The van der Waals surface area contributed by atoms with Gasteiger partial charge >= 0.3 is 0 Å². The maximum Gasteiger partial charge on any atom is 0.239 e. The summed E-state index contributed by atoms with van der Waals surface area (Å²) in [5.41, 5.74) is 18.6. The van der Waals surface area contributed by atoms with E-state index < -0.39 is 0 Å². The summed E-state index contributed by atoms with van der Waals surface area (Å²) in [7, 11) is 0. The highest BCUT2D eigenvalue weighted by atomic mass is 15.2. The molecule has 0 saturated heterocycles. The zero-order chi connectivity index (χ0) is 40.8. The van der Waals surface area contributed by atoms with Gasteiger partial charge in [0.05, 0.1) is 11.3 Å². The van der Waals surface area contributed by atoms with Gasteiger partial charge in [0.1, 0.15) is 0 Å². The topological polar surface area (TPSA) is 33.5 Å². The molecule has 1 fully saturated rings. The molecule has 0 radical (unpaired) electrons. The first-order valence-corrected chi connectivity index (χ1v) is 21.7. The van der Waals surface area contributed by atoms with E-state index >= 15 is 0 Å². The summed E-state index contributed by atoms with van der Waals surface area (Å²) in [6.07, 6.45) is 17.0. The third-order valence-electron chi connectivity index (χ3n) is 13.9. The van der Waals surface area contributed by atoms with Crippen molar-refractivity contribution in [2.75, 3.05) is 0 Å². The van der Waals surface area contributed by atoms with Gasteiger partial charge in [0, 0.05) is 70.8 Å². The molecule has 0 spiro atoms. The fourth-order valence-corrected chi connectivity index (χ4v) is 10.5. The van der Waals surface area contributed by atoms with Gasteiger partial charge in [-0.2, -0.15) is 9.13 Å². The molecule has 4 heteroatoms. The van der Waals surface area contributed by atoms with Gasteiger partial charge in [0.2, 0.25) is 23.5 Å². The van der Waals surface area contributed by atoms with E-state index in [4.69, 9.17) is 0 Å². The van der Waals surface area contributed by atoms with E-state index in [1.807, 2.05) is 36.9 Å². The number of hydrogen-bond acceptors (Lipinski definition) is 2. The summed E-state index contributed by atoms with van der Waals surface area (Å²) < 4.78 is 5.28. The van der Waals surface area contributed by atoms with Crippen molar-refractivity contribution in [3.05, 3.63) is 193 Å². The van der Waals surface area contributed by atoms with Crippen molar-refractivity contribution in [1.82, 2.24) is 9.97 Å². The first-order valence-electron chi connectivity index (χ1n) is 21.7. The molecule has 5 heterocycles. The predicted molar refractivity (Wildman–Crippen MR) is 244 cm³/mol. The normalized spacial score (nSPS) is 18.6. The first kappa shape index (κ1) is 37.7. The van der Waals surface area contributed by atoms with E-state index in [-0.39, 0.29) is 11.0 Å². The van der Waals surface area contributed by atoms with Crippen molar-refractivity contribution in [2.45, 2.75) is 71.4 Å². The summed E-state index contributed by atoms with van der Waals surface area (Å²) in [6.45, 7) is 10.4. The molecule has 4 aromatic heterocycles. The molecule has 60 heavy (non-hydrogen) atoms. The molecule has 4 aromatic carbocycles. The summed E-state index contributed by atoms with van der Waals surface area (Å²) in [4.78, 5) is 8.87. The Morgan fingerprint density at radius 3 is 1.93 bits per heavy atom. The third-order valence-corrected chi connectivity index (χ3v) is 13.9. The summed E-state index contributed by atoms with van der Waals surface area (Å²) >= 11 is 0. The second kappa shape index (κ2) is 15.3. The molecule has 294 valence electrons. The SMILES string of the molecule is CCCCc1ccc2[n+](c1)C1(C[n+]3ccccc3-c3cc(-c4cccc(-c5cc(-c6cccnc6)cc(-c6cccnc6)c5)c4)ccc3C)C(c3ccccc3-2)C1(C)CC. The molecule has 0 bridgehead atoms. The first-order chi connectivity index (χ1) is 29.4. The minimum atomic E-state index is -0.0900. The van der Waals surface area contributed by atoms with Gasteiger partial charge in [-0.1, -0.05) is 87.9 Å². The quantitative estimate of drug-likeness (QED) is 0.123. The lowest BCUT2D eigenvalue weighted by Gasteiger charge is -2.22. The lowest BCUT2D eigenvalue weighted by Crippen LogP contribution is -2.60. The summed E-state index contributed by atoms with van der Waals surface area (Å²) in [5.74, 6) is 0.427. The number of hydrogen-bond donors (Lipinski definition) is 0. The molecule has 0 N–H and O–H groups in total. The Kier molecular flexibility index (Phi) is 9.59. The molecule has 3 atom stereocenters. The van der Waals surface area contributed by atoms with E-state index in [1.165, 1.54) is 68.7 Å². The Labute approximate surface area is 354 Å². The molecule has 1 aliphatic carbocycles. The number of aromatic nitrogens is 4. The lowest BCUT2D eigenvalue weighted by molar-refractivity contribution is -0.809. The van der Waals surface area contributed by atoms with E-state index in [9.17, 15) is 0 Å². The van der Waals surface area contributed by atoms with E-state index in [0.29, 0.717) is 5.92 Å². The van der Waals surface area contributed by atoms with Crippen molar-refractivity contribution in [3.63, 3.8) is 0 Å². The monoisotopic (exact) mass is 780 g/mol. The van der Waals surface area contributed by atoms with Crippen LogP contribution in [0.2, 0.25) is 0 Å². The highest BCUT2D eigenvalue weighted by Crippen LogP contribution is 2.74. The second-order valence-corrected chi connectivity index (χ2v) is 17.2. The van der Waals surface area contributed by atoms with Gasteiger partial charge in [-0.15, -0.1) is 0 Å². The van der Waals surface area contributed by atoms with Crippen molar-refractivity contribution in [1.29, 1.82) is 0 Å². The van der Waals surface area contributed by atoms with Crippen LogP contribution in [0.1, 0.15) is 62.6 Å². The molecule has 1 aliphatic heterocycles. The summed E-state index contributed by atoms with van der Waals surface area (Å²) in [6, 6.07) is 51.8. The number of benzene rings is 4. The number of pyridine rings is 4. The average Bonchev–Trinajstić information content (AvgIpc) is 3.87. The Morgan fingerprint density at radius 2 is 1.23 bits per heavy atom. The van der Waals surface area contributed by atoms with Crippen molar-refractivity contribution in [3.8, 4) is 67.0 Å². The van der Waals surface area contributed by atoms with E-state index in [1.54, 1.807) is 0 Å². The molecule has 2 aliphatic rings. The number of unbranched alkanes of at least 4 members (excludes halogenated alkanes) is 1. The van der Waals surface area contributed by atoms with Gasteiger partial charge in [-0.05, 0) is 131 Å². The average molecular weight is 781 g/mol. The van der Waals surface area contributed by atoms with Crippen LogP contribution in [0, 0.1) is 12.3 Å². The summed E-state index contributed by atoms with van der Waals surface area (Å²) in [5, 5.41) is 0. The van der Waals surface area contributed by atoms with Gasteiger partial charge in [-0.3, -0.25) is 9.97 Å².